The Morgan fingerprint density at radius 1 is 1.14 bits per heavy atom. The van der Waals surface area contributed by atoms with Gasteiger partial charge in [0.2, 0.25) is 10.0 Å². The summed E-state index contributed by atoms with van der Waals surface area (Å²) in [6.45, 7) is 5.15. The number of sulfonamides is 1. The highest BCUT2D eigenvalue weighted by Crippen LogP contribution is 2.26. The highest BCUT2D eigenvalue weighted by atomic mass is 32.2. The number of carbonyl (C=O) groups is 1. The third kappa shape index (κ3) is 4.54. The molecule has 7 heteroatoms. The van der Waals surface area contributed by atoms with Gasteiger partial charge in [0.1, 0.15) is 5.75 Å². The van der Waals surface area contributed by atoms with E-state index in [1.807, 2.05) is 13.8 Å². The van der Waals surface area contributed by atoms with Gasteiger partial charge in [0, 0.05) is 24.7 Å². The molecule has 28 heavy (non-hydrogen) atoms. The van der Waals surface area contributed by atoms with E-state index in [0.29, 0.717) is 29.4 Å². The van der Waals surface area contributed by atoms with E-state index in [0.717, 1.165) is 18.4 Å². The summed E-state index contributed by atoms with van der Waals surface area (Å²) in [5.74, 6) is 0.493. The number of rotatable bonds is 7. The third-order valence-electron chi connectivity index (χ3n) is 4.88. The minimum absolute atomic E-state index is 0.220. The molecule has 3 rings (SSSR count). The van der Waals surface area contributed by atoms with Crippen molar-refractivity contribution in [3.05, 3.63) is 59.7 Å². The maximum Gasteiger partial charge on any atom is 0.251 e. The van der Waals surface area contributed by atoms with Crippen LogP contribution in [0.15, 0.2) is 53.4 Å². The van der Waals surface area contributed by atoms with Crippen LogP contribution in [0.4, 0.5) is 0 Å². The van der Waals surface area contributed by atoms with Crippen LogP contribution >= 0.6 is 0 Å². The highest BCUT2D eigenvalue weighted by molar-refractivity contribution is 7.89. The van der Waals surface area contributed by atoms with Crippen LogP contribution in [0.1, 0.15) is 35.7 Å². The van der Waals surface area contributed by atoms with Gasteiger partial charge < -0.3 is 10.1 Å². The lowest BCUT2D eigenvalue weighted by Gasteiger charge is -2.24. The summed E-state index contributed by atoms with van der Waals surface area (Å²) in [5, 5.41) is 2.87. The van der Waals surface area contributed by atoms with E-state index in [9.17, 15) is 13.2 Å². The monoisotopic (exact) mass is 402 g/mol. The number of nitrogens with one attached hydrogen (secondary N) is 1. The van der Waals surface area contributed by atoms with Crippen molar-refractivity contribution in [2.24, 2.45) is 0 Å². The molecule has 0 aliphatic carbocycles. The largest absolute Gasteiger partial charge is 0.494 e. The van der Waals surface area contributed by atoms with Gasteiger partial charge in [0.05, 0.1) is 11.5 Å². The summed E-state index contributed by atoms with van der Waals surface area (Å²) < 4.78 is 32.8. The van der Waals surface area contributed by atoms with Crippen molar-refractivity contribution in [1.82, 2.24) is 9.62 Å². The second-order valence-electron chi connectivity index (χ2n) is 6.89. The van der Waals surface area contributed by atoms with Crippen molar-refractivity contribution in [2.75, 3.05) is 19.7 Å². The molecule has 1 atom stereocenters. The quantitative estimate of drug-likeness (QED) is 0.773. The van der Waals surface area contributed by atoms with Gasteiger partial charge in [0.15, 0.2) is 0 Å². The fourth-order valence-electron chi connectivity index (χ4n) is 3.36. The van der Waals surface area contributed by atoms with Gasteiger partial charge in [-0.2, -0.15) is 4.31 Å². The third-order valence-corrected chi connectivity index (χ3v) is 6.84. The van der Waals surface area contributed by atoms with Crippen LogP contribution < -0.4 is 10.1 Å². The number of benzene rings is 2. The molecule has 0 unspecified atom stereocenters. The normalized spacial score (nSPS) is 17.4. The summed E-state index contributed by atoms with van der Waals surface area (Å²) in [7, 11) is -3.56. The topological polar surface area (TPSA) is 75.7 Å². The van der Waals surface area contributed by atoms with Crippen LogP contribution in [0.2, 0.25) is 0 Å². The van der Waals surface area contributed by atoms with E-state index in [4.69, 9.17) is 4.74 Å². The first kappa shape index (κ1) is 20.4. The molecule has 0 spiro atoms. The zero-order chi connectivity index (χ0) is 20.1. The molecule has 2 aromatic rings. The average molecular weight is 403 g/mol. The van der Waals surface area contributed by atoms with Crippen LogP contribution in [0, 0.1) is 6.92 Å². The SMILES string of the molecule is CCOc1ccc(C(=O)NC[C@H]2CCCN2S(=O)(=O)c2ccc(C)cc2)cc1. The fourth-order valence-corrected chi connectivity index (χ4v) is 5.05. The number of nitrogens with zero attached hydrogens (tertiary/aromatic N) is 1. The number of carbonyl (C=O) groups excluding carboxylic acids is 1. The van der Waals surface area contributed by atoms with Gasteiger partial charge in [-0.3, -0.25) is 4.79 Å². The minimum atomic E-state index is -3.56. The van der Waals surface area contributed by atoms with Gasteiger partial charge in [-0.1, -0.05) is 17.7 Å². The van der Waals surface area contributed by atoms with Gasteiger partial charge >= 0.3 is 0 Å². The van der Waals surface area contributed by atoms with Crippen molar-refractivity contribution in [3.63, 3.8) is 0 Å². The Morgan fingerprint density at radius 2 is 1.82 bits per heavy atom. The van der Waals surface area contributed by atoms with Crippen LogP contribution in [-0.2, 0) is 10.0 Å². The number of amides is 1. The average Bonchev–Trinajstić information content (AvgIpc) is 3.17. The highest BCUT2D eigenvalue weighted by Gasteiger charge is 2.35. The van der Waals surface area contributed by atoms with E-state index >= 15 is 0 Å². The van der Waals surface area contributed by atoms with Crippen molar-refractivity contribution >= 4 is 15.9 Å². The van der Waals surface area contributed by atoms with Gasteiger partial charge in [0.25, 0.3) is 5.91 Å². The first-order chi connectivity index (χ1) is 13.4. The number of aryl methyl sites for hydroxylation is 1. The Morgan fingerprint density at radius 3 is 2.46 bits per heavy atom. The molecule has 1 heterocycles. The Balaban J connectivity index is 1.65. The molecule has 0 radical (unpaired) electrons. The van der Waals surface area contributed by atoms with Gasteiger partial charge in [-0.15, -0.1) is 0 Å². The molecule has 150 valence electrons. The Labute approximate surface area is 166 Å². The predicted octanol–water partition coefficient (Wildman–Crippen LogP) is 2.98. The minimum Gasteiger partial charge on any atom is -0.494 e. The van der Waals surface area contributed by atoms with Crippen molar-refractivity contribution in [2.45, 2.75) is 37.6 Å². The summed E-state index contributed by atoms with van der Waals surface area (Å²) in [4.78, 5) is 12.7. The molecule has 1 fully saturated rings. The Bertz CT molecular complexity index is 908. The molecule has 1 N–H and O–H groups in total. The molecule has 0 aromatic heterocycles. The van der Waals surface area contributed by atoms with Gasteiger partial charge in [-0.05, 0) is 63.1 Å². The number of hydrogen-bond donors (Lipinski definition) is 1. The molecule has 0 bridgehead atoms. The maximum absolute atomic E-state index is 13.0. The molecular formula is C21H26N2O4S. The van der Waals surface area contributed by atoms with Crippen LogP contribution in [-0.4, -0.2) is 44.4 Å². The zero-order valence-corrected chi connectivity index (χ0v) is 17.0. The second kappa shape index (κ2) is 8.75. The lowest BCUT2D eigenvalue weighted by Crippen LogP contribution is -2.43. The fraction of sp³-hybridized carbons (Fsp3) is 0.381. The summed E-state index contributed by atoms with van der Waals surface area (Å²) in [6.07, 6.45) is 1.52. The summed E-state index contributed by atoms with van der Waals surface area (Å²) >= 11 is 0. The molecular weight excluding hydrogens is 376 g/mol. The number of ether oxygens (including phenoxy) is 1. The van der Waals surface area contributed by atoms with Crippen molar-refractivity contribution in [1.29, 1.82) is 0 Å². The van der Waals surface area contributed by atoms with E-state index < -0.39 is 10.0 Å². The van der Waals surface area contributed by atoms with Crippen LogP contribution in [0.5, 0.6) is 5.75 Å². The first-order valence-corrected chi connectivity index (χ1v) is 11.0. The Hall–Kier alpha value is -2.38. The second-order valence-corrected chi connectivity index (χ2v) is 8.78. The summed E-state index contributed by atoms with van der Waals surface area (Å²) in [6, 6.07) is 13.5. The molecule has 6 nitrogen and oxygen atoms in total. The lowest BCUT2D eigenvalue weighted by molar-refractivity contribution is 0.0946. The van der Waals surface area contributed by atoms with E-state index in [-0.39, 0.29) is 18.5 Å². The van der Waals surface area contributed by atoms with Crippen LogP contribution in [0.25, 0.3) is 0 Å². The molecule has 1 saturated heterocycles. The van der Waals surface area contributed by atoms with E-state index in [1.54, 1.807) is 48.5 Å². The maximum atomic E-state index is 13.0. The molecule has 0 saturated carbocycles. The molecule has 1 aliphatic rings. The first-order valence-electron chi connectivity index (χ1n) is 9.51. The summed E-state index contributed by atoms with van der Waals surface area (Å²) in [5.41, 5.74) is 1.54. The smallest absolute Gasteiger partial charge is 0.251 e. The van der Waals surface area contributed by atoms with Gasteiger partial charge in [-0.25, -0.2) is 8.42 Å². The lowest BCUT2D eigenvalue weighted by atomic mass is 10.2. The van der Waals surface area contributed by atoms with E-state index in [2.05, 4.69) is 5.32 Å². The molecule has 1 amide bonds. The van der Waals surface area contributed by atoms with Crippen LogP contribution in [0.3, 0.4) is 0 Å². The van der Waals surface area contributed by atoms with Crippen molar-refractivity contribution in [3.8, 4) is 5.75 Å². The van der Waals surface area contributed by atoms with E-state index in [1.165, 1.54) is 4.31 Å². The Kier molecular flexibility index (Phi) is 6.36. The molecule has 2 aromatic carbocycles. The number of hydrogen-bond acceptors (Lipinski definition) is 4. The zero-order valence-electron chi connectivity index (χ0n) is 16.2. The standard InChI is InChI=1S/C21H26N2O4S/c1-3-27-19-10-8-17(9-11-19)21(24)22-15-18-5-4-14-23(18)28(25,26)20-12-6-16(2)7-13-20/h6-13,18H,3-5,14-15H2,1-2H3,(H,22,24)/t18-/m1/s1. The predicted molar refractivity (Wildman–Crippen MR) is 108 cm³/mol. The molecule has 1 aliphatic heterocycles. The van der Waals surface area contributed by atoms with Crippen molar-refractivity contribution < 1.29 is 17.9 Å².